The maximum Gasteiger partial charge on any atom is 0.317 e. The van der Waals surface area contributed by atoms with Gasteiger partial charge in [0.05, 0.1) is 12.5 Å². The highest BCUT2D eigenvalue weighted by Gasteiger charge is 2.36. The molecule has 1 heterocycles. The molecule has 1 saturated carbocycles. The number of carboxylic acid groups (broad SMARTS) is 1. The molecule has 1 aliphatic carbocycles. The third-order valence-electron chi connectivity index (χ3n) is 4.96. The molecule has 1 atom stereocenters. The summed E-state index contributed by atoms with van der Waals surface area (Å²) in [5, 5.41) is 11.9. The number of hydrogen-bond acceptors (Lipinski definition) is 4. The predicted octanol–water partition coefficient (Wildman–Crippen LogP) is 0.299. The Morgan fingerprint density at radius 1 is 1.30 bits per heavy atom. The molecule has 0 spiro atoms. The van der Waals surface area contributed by atoms with E-state index in [0.717, 1.165) is 32.2 Å². The van der Waals surface area contributed by atoms with Gasteiger partial charge < -0.3 is 15.3 Å². The minimum atomic E-state index is -0.814. The van der Waals surface area contributed by atoms with Gasteiger partial charge in [0, 0.05) is 32.1 Å². The zero-order valence-corrected chi connectivity index (χ0v) is 14.0. The molecule has 0 aromatic carbocycles. The minimum absolute atomic E-state index is 0.0264. The van der Waals surface area contributed by atoms with Crippen molar-refractivity contribution in [1.82, 2.24) is 15.1 Å². The number of likely N-dealkylation sites (tertiary alicyclic amines) is 1. The number of carboxylic acids is 1. The van der Waals surface area contributed by atoms with Gasteiger partial charge in [-0.3, -0.25) is 19.3 Å². The third-order valence-corrected chi connectivity index (χ3v) is 4.96. The molecule has 1 saturated heterocycles. The van der Waals surface area contributed by atoms with Gasteiger partial charge in [0.25, 0.3) is 0 Å². The average Bonchev–Trinajstić information content (AvgIpc) is 2.48. The molecule has 2 rings (SSSR count). The molecular weight excluding hydrogens is 298 g/mol. The molecule has 7 nitrogen and oxygen atoms in total. The van der Waals surface area contributed by atoms with Gasteiger partial charge in [0.1, 0.15) is 0 Å². The topological polar surface area (TPSA) is 90.0 Å². The second kappa shape index (κ2) is 7.77. The van der Waals surface area contributed by atoms with Crippen molar-refractivity contribution in [3.8, 4) is 0 Å². The van der Waals surface area contributed by atoms with Crippen LogP contribution in [0.1, 0.15) is 39.5 Å². The lowest BCUT2D eigenvalue weighted by molar-refractivity contribution is -0.140. The number of rotatable bonds is 6. The maximum absolute atomic E-state index is 12.3. The van der Waals surface area contributed by atoms with Crippen LogP contribution in [0, 0.1) is 5.92 Å². The van der Waals surface area contributed by atoms with Crippen LogP contribution in [0.2, 0.25) is 0 Å². The summed E-state index contributed by atoms with van der Waals surface area (Å²) >= 11 is 0. The SMILES string of the molecule is CCN(CC(=O)O)C1CC(NC(=O)C2CCCN(C(C)=O)C2)C1. The van der Waals surface area contributed by atoms with Crippen LogP contribution in [0.5, 0.6) is 0 Å². The molecule has 130 valence electrons. The summed E-state index contributed by atoms with van der Waals surface area (Å²) in [5.74, 6) is -0.877. The number of aliphatic carboxylic acids is 1. The molecule has 0 radical (unpaired) electrons. The predicted molar refractivity (Wildman–Crippen MR) is 84.8 cm³/mol. The van der Waals surface area contributed by atoms with Crippen molar-refractivity contribution in [2.45, 2.75) is 51.6 Å². The van der Waals surface area contributed by atoms with Crippen molar-refractivity contribution in [3.05, 3.63) is 0 Å². The van der Waals surface area contributed by atoms with Gasteiger partial charge in [-0.15, -0.1) is 0 Å². The van der Waals surface area contributed by atoms with Gasteiger partial charge in [-0.25, -0.2) is 0 Å². The van der Waals surface area contributed by atoms with E-state index < -0.39 is 5.97 Å². The van der Waals surface area contributed by atoms with E-state index in [0.29, 0.717) is 13.1 Å². The highest BCUT2D eigenvalue weighted by Crippen LogP contribution is 2.26. The van der Waals surface area contributed by atoms with Crippen LogP contribution in [0.4, 0.5) is 0 Å². The van der Waals surface area contributed by atoms with Gasteiger partial charge in [0.2, 0.25) is 11.8 Å². The number of likely N-dealkylation sites (N-methyl/N-ethyl adjacent to an activating group) is 1. The molecule has 2 amide bonds. The molecule has 1 aliphatic heterocycles. The zero-order chi connectivity index (χ0) is 17.0. The van der Waals surface area contributed by atoms with Crippen LogP contribution >= 0.6 is 0 Å². The van der Waals surface area contributed by atoms with Crippen LogP contribution in [0.15, 0.2) is 0 Å². The average molecular weight is 325 g/mol. The number of carbonyl (C=O) groups excluding carboxylic acids is 2. The summed E-state index contributed by atoms with van der Waals surface area (Å²) in [6.07, 6.45) is 3.30. The molecule has 0 aromatic heterocycles. The number of piperidine rings is 1. The van der Waals surface area contributed by atoms with Crippen LogP contribution in [-0.2, 0) is 14.4 Å². The molecule has 2 fully saturated rings. The monoisotopic (exact) mass is 325 g/mol. The Bertz CT molecular complexity index is 462. The van der Waals surface area contributed by atoms with E-state index in [1.807, 2.05) is 11.8 Å². The van der Waals surface area contributed by atoms with Crippen LogP contribution < -0.4 is 5.32 Å². The van der Waals surface area contributed by atoms with Gasteiger partial charge in [-0.05, 0) is 32.2 Å². The maximum atomic E-state index is 12.3. The van der Waals surface area contributed by atoms with E-state index in [1.165, 1.54) is 0 Å². The molecule has 0 aromatic rings. The molecule has 7 heteroatoms. The first-order valence-electron chi connectivity index (χ1n) is 8.42. The van der Waals surface area contributed by atoms with Crippen molar-refractivity contribution in [1.29, 1.82) is 0 Å². The first-order valence-corrected chi connectivity index (χ1v) is 8.42. The summed E-state index contributed by atoms with van der Waals surface area (Å²) in [5.41, 5.74) is 0. The van der Waals surface area contributed by atoms with E-state index in [9.17, 15) is 14.4 Å². The standard InChI is InChI=1S/C16H27N3O4/c1-3-18(10-15(21)22)14-7-13(8-14)17-16(23)12-5-4-6-19(9-12)11(2)20/h12-14H,3-10H2,1-2H3,(H,17,23)(H,21,22). The van der Waals surface area contributed by atoms with Crippen molar-refractivity contribution in [2.24, 2.45) is 5.92 Å². The van der Waals surface area contributed by atoms with Crippen LogP contribution in [0.25, 0.3) is 0 Å². The zero-order valence-electron chi connectivity index (χ0n) is 14.0. The second-order valence-electron chi connectivity index (χ2n) is 6.59. The Hall–Kier alpha value is -1.63. The normalized spacial score (nSPS) is 27.4. The fourth-order valence-electron chi connectivity index (χ4n) is 3.47. The van der Waals surface area contributed by atoms with Gasteiger partial charge in [-0.2, -0.15) is 0 Å². The van der Waals surface area contributed by atoms with Crippen molar-refractivity contribution in [2.75, 3.05) is 26.2 Å². The first-order chi connectivity index (χ1) is 10.9. The van der Waals surface area contributed by atoms with Crippen LogP contribution in [-0.4, -0.2) is 71.0 Å². The Balaban J connectivity index is 1.75. The third kappa shape index (κ3) is 4.67. The fourth-order valence-corrected chi connectivity index (χ4v) is 3.47. The largest absolute Gasteiger partial charge is 0.480 e. The lowest BCUT2D eigenvalue weighted by atomic mass is 9.84. The molecule has 1 unspecified atom stereocenters. The highest BCUT2D eigenvalue weighted by atomic mass is 16.4. The number of amides is 2. The number of hydrogen-bond donors (Lipinski definition) is 2. The van der Waals surface area contributed by atoms with Gasteiger partial charge in [-0.1, -0.05) is 6.92 Å². The summed E-state index contributed by atoms with van der Waals surface area (Å²) in [6.45, 7) is 5.50. The summed E-state index contributed by atoms with van der Waals surface area (Å²) < 4.78 is 0. The van der Waals surface area contributed by atoms with E-state index in [2.05, 4.69) is 5.32 Å². The van der Waals surface area contributed by atoms with E-state index in [4.69, 9.17) is 5.11 Å². The first kappa shape index (κ1) is 17.7. The summed E-state index contributed by atoms with van der Waals surface area (Å²) in [7, 11) is 0. The Kier molecular flexibility index (Phi) is 5.98. The minimum Gasteiger partial charge on any atom is -0.480 e. The summed E-state index contributed by atoms with van der Waals surface area (Å²) in [6, 6.07) is 0.365. The lowest BCUT2D eigenvalue weighted by Gasteiger charge is -2.43. The lowest BCUT2D eigenvalue weighted by Crippen LogP contribution is -2.56. The quantitative estimate of drug-likeness (QED) is 0.733. The van der Waals surface area contributed by atoms with Crippen molar-refractivity contribution < 1.29 is 19.5 Å². The van der Waals surface area contributed by atoms with E-state index >= 15 is 0 Å². The van der Waals surface area contributed by atoms with E-state index in [1.54, 1.807) is 11.8 Å². The molecule has 23 heavy (non-hydrogen) atoms. The number of nitrogens with zero attached hydrogens (tertiary/aromatic N) is 2. The smallest absolute Gasteiger partial charge is 0.317 e. The van der Waals surface area contributed by atoms with Crippen molar-refractivity contribution in [3.63, 3.8) is 0 Å². The highest BCUT2D eigenvalue weighted by molar-refractivity contribution is 5.81. The van der Waals surface area contributed by atoms with Gasteiger partial charge >= 0.3 is 5.97 Å². The molecule has 2 N–H and O–H groups in total. The van der Waals surface area contributed by atoms with E-state index in [-0.39, 0.29) is 36.4 Å². The van der Waals surface area contributed by atoms with Gasteiger partial charge in [0.15, 0.2) is 0 Å². The Labute approximate surface area is 137 Å². The fraction of sp³-hybridized carbons (Fsp3) is 0.812. The summed E-state index contributed by atoms with van der Waals surface area (Å²) in [4.78, 5) is 38.3. The number of carbonyl (C=O) groups is 3. The van der Waals surface area contributed by atoms with Crippen LogP contribution in [0.3, 0.4) is 0 Å². The van der Waals surface area contributed by atoms with Crippen molar-refractivity contribution >= 4 is 17.8 Å². The second-order valence-corrected chi connectivity index (χ2v) is 6.59. The number of nitrogens with one attached hydrogen (secondary N) is 1. The Morgan fingerprint density at radius 3 is 2.57 bits per heavy atom. The molecule has 0 bridgehead atoms. The molecule has 2 aliphatic rings. The Morgan fingerprint density at radius 2 is 2.00 bits per heavy atom. The molecular formula is C16H27N3O4.